The summed E-state index contributed by atoms with van der Waals surface area (Å²) < 4.78 is 0.662. The molecule has 8 heteroatoms. The highest BCUT2D eigenvalue weighted by molar-refractivity contribution is 9.10. The van der Waals surface area contributed by atoms with Crippen LogP contribution in [0.4, 0.5) is 11.4 Å². The van der Waals surface area contributed by atoms with Gasteiger partial charge >= 0.3 is 0 Å². The van der Waals surface area contributed by atoms with Crippen molar-refractivity contribution in [3.05, 3.63) is 31.8 Å². The molecule has 0 spiro atoms. The minimum atomic E-state index is -0.486. The summed E-state index contributed by atoms with van der Waals surface area (Å²) in [5.74, 6) is 0. The maximum absolute atomic E-state index is 11.1. The SMILES string of the molecule is CSC(=Nc1c([N+](=O)[O-])cc(Br)c(C)c1C)NC#N. The zero-order chi connectivity index (χ0) is 14.6. The highest BCUT2D eigenvalue weighted by Gasteiger charge is 2.20. The highest BCUT2D eigenvalue weighted by atomic mass is 79.9. The van der Waals surface area contributed by atoms with Gasteiger partial charge in [0.05, 0.1) is 4.92 Å². The van der Waals surface area contributed by atoms with Crippen LogP contribution in [0, 0.1) is 35.4 Å². The van der Waals surface area contributed by atoms with Crippen molar-refractivity contribution in [3.8, 4) is 6.19 Å². The molecular weight excluding hydrogens is 332 g/mol. The lowest BCUT2D eigenvalue weighted by Gasteiger charge is -2.09. The van der Waals surface area contributed by atoms with Crippen LogP contribution < -0.4 is 5.32 Å². The minimum Gasteiger partial charge on any atom is -0.271 e. The standard InChI is InChI=1S/C11H11BrN4O2S/c1-6-7(2)10(15-11(19-3)14-5-13)9(16(17)18)4-8(6)12/h4H,1-3H3,(H,14,15). The monoisotopic (exact) mass is 342 g/mol. The summed E-state index contributed by atoms with van der Waals surface area (Å²) >= 11 is 4.50. The molecule has 0 aliphatic heterocycles. The fourth-order valence-corrected chi connectivity index (χ4v) is 2.24. The molecule has 0 radical (unpaired) electrons. The molecule has 0 heterocycles. The molecule has 0 unspecified atom stereocenters. The lowest BCUT2D eigenvalue weighted by atomic mass is 10.1. The number of nitrogens with zero attached hydrogens (tertiary/aromatic N) is 3. The van der Waals surface area contributed by atoms with Gasteiger partial charge in [-0.15, -0.1) is 0 Å². The van der Waals surface area contributed by atoms with Crippen molar-refractivity contribution in [2.24, 2.45) is 4.99 Å². The van der Waals surface area contributed by atoms with Gasteiger partial charge < -0.3 is 0 Å². The van der Waals surface area contributed by atoms with Crippen LogP contribution in [0.3, 0.4) is 0 Å². The fourth-order valence-electron chi connectivity index (χ4n) is 1.40. The maximum Gasteiger partial charge on any atom is 0.296 e. The second-order valence-corrected chi connectivity index (χ2v) is 5.24. The zero-order valence-electron chi connectivity index (χ0n) is 10.5. The lowest BCUT2D eigenvalue weighted by molar-refractivity contribution is -0.384. The number of halogens is 1. The Bertz CT molecular complexity index is 595. The average Bonchev–Trinajstić information content (AvgIpc) is 2.37. The van der Waals surface area contributed by atoms with Gasteiger partial charge in [-0.25, -0.2) is 4.99 Å². The number of hydrogen-bond acceptors (Lipinski definition) is 5. The highest BCUT2D eigenvalue weighted by Crippen LogP contribution is 2.37. The van der Waals surface area contributed by atoms with Gasteiger partial charge in [0.15, 0.2) is 11.4 Å². The predicted octanol–water partition coefficient (Wildman–Crippen LogP) is 3.40. The van der Waals surface area contributed by atoms with Crippen molar-refractivity contribution in [3.63, 3.8) is 0 Å². The number of amidine groups is 1. The number of nitro benzene ring substituents is 1. The van der Waals surface area contributed by atoms with Crippen LogP contribution in [0.25, 0.3) is 0 Å². The van der Waals surface area contributed by atoms with Gasteiger partial charge in [-0.3, -0.25) is 15.4 Å². The summed E-state index contributed by atoms with van der Waals surface area (Å²) in [5, 5.41) is 22.4. The Balaban J connectivity index is 3.53. The Morgan fingerprint density at radius 3 is 2.68 bits per heavy atom. The number of nitriles is 1. The van der Waals surface area contributed by atoms with E-state index < -0.39 is 4.92 Å². The number of aliphatic imine (C=N–C) groups is 1. The number of nitro groups is 1. The molecule has 0 bridgehead atoms. The maximum atomic E-state index is 11.1. The summed E-state index contributed by atoms with van der Waals surface area (Å²) in [6.45, 7) is 3.61. The molecule has 0 amide bonds. The molecular formula is C11H11BrN4O2S. The molecule has 0 aliphatic carbocycles. The van der Waals surface area contributed by atoms with Gasteiger partial charge in [0.25, 0.3) is 5.69 Å². The van der Waals surface area contributed by atoms with Crippen LogP contribution >= 0.6 is 27.7 Å². The first-order chi connectivity index (χ1) is 8.92. The normalized spacial score (nSPS) is 11.0. The Labute approximate surface area is 123 Å². The van der Waals surface area contributed by atoms with E-state index >= 15 is 0 Å². The molecule has 0 atom stereocenters. The van der Waals surface area contributed by atoms with E-state index in [1.54, 1.807) is 19.4 Å². The number of nitrogens with one attached hydrogen (secondary N) is 1. The van der Waals surface area contributed by atoms with E-state index in [1.807, 2.05) is 6.92 Å². The molecule has 6 nitrogen and oxygen atoms in total. The van der Waals surface area contributed by atoms with E-state index in [2.05, 4.69) is 26.2 Å². The molecule has 1 aromatic rings. The van der Waals surface area contributed by atoms with Crippen molar-refractivity contribution in [1.82, 2.24) is 5.32 Å². The van der Waals surface area contributed by atoms with Gasteiger partial charge in [0.2, 0.25) is 0 Å². The Morgan fingerprint density at radius 2 is 2.21 bits per heavy atom. The quantitative estimate of drug-likeness (QED) is 0.222. The largest absolute Gasteiger partial charge is 0.296 e. The first kappa shape index (κ1) is 15.5. The van der Waals surface area contributed by atoms with Gasteiger partial charge in [0, 0.05) is 10.5 Å². The van der Waals surface area contributed by atoms with Gasteiger partial charge in [-0.2, -0.15) is 5.26 Å². The van der Waals surface area contributed by atoms with E-state index in [0.717, 1.165) is 5.56 Å². The molecule has 1 N–H and O–H groups in total. The first-order valence-electron chi connectivity index (χ1n) is 5.14. The third-order valence-corrected chi connectivity index (χ3v) is 3.95. The second kappa shape index (κ2) is 6.54. The van der Waals surface area contributed by atoms with E-state index in [-0.39, 0.29) is 11.4 Å². The van der Waals surface area contributed by atoms with Crippen LogP contribution in [0.2, 0.25) is 0 Å². The number of benzene rings is 1. The number of hydrogen-bond donors (Lipinski definition) is 1. The summed E-state index contributed by atoms with van der Waals surface area (Å²) in [7, 11) is 0. The molecule has 0 saturated carbocycles. The molecule has 0 fully saturated rings. The third kappa shape index (κ3) is 3.45. The van der Waals surface area contributed by atoms with Gasteiger partial charge in [-0.1, -0.05) is 27.7 Å². The van der Waals surface area contributed by atoms with Crippen molar-refractivity contribution in [1.29, 1.82) is 5.26 Å². The summed E-state index contributed by atoms with van der Waals surface area (Å²) in [5.41, 5.74) is 1.74. The van der Waals surface area contributed by atoms with Crippen LogP contribution in [0.1, 0.15) is 11.1 Å². The van der Waals surface area contributed by atoms with E-state index in [9.17, 15) is 10.1 Å². The first-order valence-corrected chi connectivity index (χ1v) is 7.16. The molecule has 100 valence electrons. The van der Waals surface area contributed by atoms with Crippen molar-refractivity contribution in [2.45, 2.75) is 13.8 Å². The lowest BCUT2D eigenvalue weighted by Crippen LogP contribution is -2.12. The van der Waals surface area contributed by atoms with Crippen LogP contribution in [0.15, 0.2) is 15.5 Å². The van der Waals surface area contributed by atoms with Crippen LogP contribution in [-0.4, -0.2) is 16.3 Å². The third-order valence-electron chi connectivity index (χ3n) is 2.55. The summed E-state index contributed by atoms with van der Waals surface area (Å²) in [4.78, 5) is 14.8. The van der Waals surface area contributed by atoms with Gasteiger partial charge in [-0.05, 0) is 31.2 Å². The molecule has 0 aromatic heterocycles. The molecule has 0 aliphatic rings. The molecule has 1 rings (SSSR count). The number of rotatable bonds is 2. The van der Waals surface area contributed by atoms with E-state index in [1.165, 1.54) is 17.8 Å². The Kier molecular flexibility index (Phi) is 5.32. The predicted molar refractivity (Wildman–Crippen MR) is 79.6 cm³/mol. The minimum absolute atomic E-state index is 0.0961. The fraction of sp³-hybridized carbons (Fsp3) is 0.273. The zero-order valence-corrected chi connectivity index (χ0v) is 12.9. The van der Waals surface area contributed by atoms with Crippen molar-refractivity contribution in [2.75, 3.05) is 6.26 Å². The number of thioether (sulfide) groups is 1. The molecule has 19 heavy (non-hydrogen) atoms. The molecule has 1 aromatic carbocycles. The Hall–Kier alpha value is -1.59. The topological polar surface area (TPSA) is 91.3 Å². The van der Waals surface area contributed by atoms with Crippen molar-refractivity contribution < 1.29 is 4.92 Å². The smallest absolute Gasteiger partial charge is 0.271 e. The van der Waals surface area contributed by atoms with Crippen LogP contribution in [-0.2, 0) is 0 Å². The second-order valence-electron chi connectivity index (χ2n) is 3.59. The van der Waals surface area contributed by atoms with E-state index in [4.69, 9.17) is 5.26 Å². The van der Waals surface area contributed by atoms with Gasteiger partial charge in [0.1, 0.15) is 5.69 Å². The molecule has 0 saturated heterocycles. The Morgan fingerprint density at radius 1 is 1.58 bits per heavy atom. The summed E-state index contributed by atoms with van der Waals surface area (Å²) in [6, 6.07) is 1.42. The average molecular weight is 343 g/mol. The van der Waals surface area contributed by atoms with Crippen LogP contribution in [0.5, 0.6) is 0 Å². The van der Waals surface area contributed by atoms with E-state index in [0.29, 0.717) is 15.2 Å². The van der Waals surface area contributed by atoms with Crippen molar-refractivity contribution >= 4 is 44.2 Å². The summed E-state index contributed by atoms with van der Waals surface area (Å²) in [6.07, 6.45) is 3.48.